The molecule has 2 aliphatic carbocycles. The van der Waals surface area contributed by atoms with Crippen molar-refractivity contribution in [3.8, 4) is 0 Å². The summed E-state index contributed by atoms with van der Waals surface area (Å²) in [5.74, 6) is 1.48. The zero-order chi connectivity index (χ0) is 11.5. The molecule has 2 aliphatic rings. The van der Waals surface area contributed by atoms with Gasteiger partial charge in [-0.15, -0.1) is 0 Å². The van der Waals surface area contributed by atoms with Crippen molar-refractivity contribution in [3.63, 3.8) is 0 Å². The Morgan fingerprint density at radius 2 is 1.94 bits per heavy atom. The van der Waals surface area contributed by atoms with Crippen LogP contribution in [0.25, 0.3) is 0 Å². The zero-order valence-corrected chi connectivity index (χ0v) is 10.8. The van der Waals surface area contributed by atoms with Crippen LogP contribution < -0.4 is 5.32 Å². The van der Waals surface area contributed by atoms with E-state index in [1.807, 2.05) is 0 Å². The molecule has 0 aromatic heterocycles. The molecule has 16 heavy (non-hydrogen) atoms. The number of aldehydes is 1. The fourth-order valence-corrected chi connectivity index (χ4v) is 2.56. The van der Waals surface area contributed by atoms with Crippen LogP contribution in [0.2, 0.25) is 0 Å². The minimum atomic E-state index is 0.241. The SMILES string of the molecule is N=C(Br)/C=C(/C=O)NC(C1CCC1)C1CC1. The van der Waals surface area contributed by atoms with Gasteiger partial charge in [-0.2, -0.15) is 0 Å². The Hall–Kier alpha value is -0.640. The predicted molar refractivity (Wildman–Crippen MR) is 67.8 cm³/mol. The number of carbonyl (C=O) groups excluding carboxylic acids is 1. The standard InChI is InChI=1S/C12H17BrN2O/c13-11(14)6-10(7-16)15-12(9-4-5-9)8-2-1-3-8/h6-9,12,14-15H,1-5H2/b10-6-,14-11?. The van der Waals surface area contributed by atoms with Gasteiger partial charge in [0.15, 0.2) is 6.29 Å². The molecule has 0 amide bonds. The molecule has 2 saturated carbocycles. The molecule has 1 atom stereocenters. The Balaban J connectivity index is 1.97. The molecular formula is C12H17BrN2O. The lowest BCUT2D eigenvalue weighted by molar-refractivity contribution is -0.105. The molecule has 2 N–H and O–H groups in total. The molecule has 0 heterocycles. The van der Waals surface area contributed by atoms with Crippen molar-refractivity contribution < 1.29 is 4.79 Å². The predicted octanol–water partition coefficient (Wildman–Crippen LogP) is 2.61. The van der Waals surface area contributed by atoms with E-state index in [0.29, 0.717) is 11.7 Å². The van der Waals surface area contributed by atoms with Gasteiger partial charge in [-0.3, -0.25) is 10.2 Å². The molecule has 0 aromatic rings. The van der Waals surface area contributed by atoms with Crippen LogP contribution in [-0.4, -0.2) is 16.9 Å². The highest BCUT2D eigenvalue weighted by Gasteiger charge is 2.39. The summed E-state index contributed by atoms with van der Waals surface area (Å²) in [5.41, 5.74) is 0.533. The van der Waals surface area contributed by atoms with Gasteiger partial charge in [0, 0.05) is 6.04 Å². The third kappa shape index (κ3) is 2.94. The highest BCUT2D eigenvalue weighted by molar-refractivity contribution is 9.18. The second-order valence-electron chi connectivity index (χ2n) is 4.76. The summed E-state index contributed by atoms with van der Waals surface area (Å²) >= 11 is 3.03. The molecule has 0 spiro atoms. The van der Waals surface area contributed by atoms with Crippen molar-refractivity contribution >= 4 is 26.8 Å². The van der Waals surface area contributed by atoms with Crippen LogP contribution in [-0.2, 0) is 4.79 Å². The topological polar surface area (TPSA) is 53.0 Å². The first kappa shape index (κ1) is 11.8. The van der Waals surface area contributed by atoms with Crippen LogP contribution in [0.3, 0.4) is 0 Å². The lowest BCUT2D eigenvalue weighted by Crippen LogP contribution is -2.41. The number of carbonyl (C=O) groups is 1. The highest BCUT2D eigenvalue weighted by Crippen LogP contribution is 2.42. The molecular weight excluding hydrogens is 268 g/mol. The summed E-state index contributed by atoms with van der Waals surface area (Å²) in [6, 6.07) is 0.456. The van der Waals surface area contributed by atoms with Gasteiger partial charge in [-0.05, 0) is 59.5 Å². The van der Waals surface area contributed by atoms with Gasteiger partial charge in [-0.25, -0.2) is 0 Å². The van der Waals surface area contributed by atoms with E-state index >= 15 is 0 Å². The van der Waals surface area contributed by atoms with Crippen LogP contribution in [0.15, 0.2) is 11.8 Å². The van der Waals surface area contributed by atoms with E-state index in [0.717, 1.165) is 18.1 Å². The zero-order valence-electron chi connectivity index (χ0n) is 9.21. The quantitative estimate of drug-likeness (QED) is 0.448. The third-order valence-corrected chi connectivity index (χ3v) is 3.76. The monoisotopic (exact) mass is 284 g/mol. The first-order valence-corrected chi connectivity index (χ1v) is 6.67. The molecule has 0 bridgehead atoms. The lowest BCUT2D eigenvalue weighted by atomic mass is 9.78. The average Bonchev–Trinajstić information content (AvgIpc) is 2.94. The molecule has 0 saturated heterocycles. The number of rotatable bonds is 6. The van der Waals surface area contributed by atoms with Gasteiger partial charge in [0.1, 0.15) is 0 Å². The van der Waals surface area contributed by atoms with Crippen molar-refractivity contribution in [2.24, 2.45) is 11.8 Å². The van der Waals surface area contributed by atoms with Gasteiger partial charge < -0.3 is 5.32 Å². The Labute approximate surface area is 104 Å². The maximum atomic E-state index is 10.9. The average molecular weight is 285 g/mol. The van der Waals surface area contributed by atoms with Gasteiger partial charge in [-0.1, -0.05) is 6.42 Å². The minimum Gasteiger partial charge on any atom is -0.379 e. The fraction of sp³-hybridized carbons (Fsp3) is 0.667. The van der Waals surface area contributed by atoms with E-state index in [9.17, 15) is 4.79 Å². The van der Waals surface area contributed by atoms with Crippen molar-refractivity contribution in [2.45, 2.75) is 38.1 Å². The van der Waals surface area contributed by atoms with Crippen LogP contribution in [0.4, 0.5) is 0 Å². The van der Waals surface area contributed by atoms with Gasteiger partial charge in [0.25, 0.3) is 0 Å². The van der Waals surface area contributed by atoms with Gasteiger partial charge in [0.2, 0.25) is 0 Å². The van der Waals surface area contributed by atoms with E-state index in [1.54, 1.807) is 6.08 Å². The highest BCUT2D eigenvalue weighted by atomic mass is 79.9. The van der Waals surface area contributed by atoms with E-state index in [4.69, 9.17) is 5.41 Å². The van der Waals surface area contributed by atoms with Crippen LogP contribution in [0.5, 0.6) is 0 Å². The number of halogens is 1. The molecule has 4 heteroatoms. The van der Waals surface area contributed by atoms with Crippen LogP contribution >= 0.6 is 15.9 Å². The van der Waals surface area contributed by atoms with Gasteiger partial charge in [0.05, 0.1) is 10.3 Å². The smallest absolute Gasteiger partial charge is 0.166 e. The molecule has 0 aromatic carbocycles. The van der Waals surface area contributed by atoms with Crippen molar-refractivity contribution in [2.75, 3.05) is 0 Å². The number of allylic oxidation sites excluding steroid dienone is 2. The summed E-state index contributed by atoms with van der Waals surface area (Å²) < 4.78 is 0.241. The Kier molecular flexibility index (Phi) is 3.79. The van der Waals surface area contributed by atoms with E-state index in [1.165, 1.54) is 32.1 Å². The number of nitrogens with one attached hydrogen (secondary N) is 2. The Morgan fingerprint density at radius 1 is 1.31 bits per heavy atom. The second kappa shape index (κ2) is 5.13. The van der Waals surface area contributed by atoms with Crippen molar-refractivity contribution in [1.82, 2.24) is 5.32 Å². The molecule has 3 nitrogen and oxygen atoms in total. The number of hydrogen-bond acceptors (Lipinski definition) is 3. The Morgan fingerprint density at radius 3 is 2.31 bits per heavy atom. The van der Waals surface area contributed by atoms with Crippen molar-refractivity contribution in [3.05, 3.63) is 11.8 Å². The normalized spacial score (nSPS) is 23.4. The second-order valence-corrected chi connectivity index (χ2v) is 5.62. The molecule has 0 aliphatic heterocycles. The first-order valence-electron chi connectivity index (χ1n) is 5.88. The minimum absolute atomic E-state index is 0.241. The fourth-order valence-electron chi connectivity index (χ4n) is 2.31. The molecule has 88 valence electrons. The largest absolute Gasteiger partial charge is 0.379 e. The lowest BCUT2D eigenvalue weighted by Gasteiger charge is -2.35. The third-order valence-electron chi connectivity index (χ3n) is 3.53. The molecule has 2 rings (SSSR count). The van der Waals surface area contributed by atoms with E-state index in [-0.39, 0.29) is 4.62 Å². The molecule has 1 unspecified atom stereocenters. The van der Waals surface area contributed by atoms with Gasteiger partial charge >= 0.3 is 0 Å². The molecule has 2 fully saturated rings. The summed E-state index contributed by atoms with van der Waals surface area (Å²) in [7, 11) is 0. The molecule has 0 radical (unpaired) electrons. The van der Waals surface area contributed by atoms with Crippen LogP contribution in [0, 0.1) is 17.2 Å². The maximum Gasteiger partial charge on any atom is 0.166 e. The van der Waals surface area contributed by atoms with E-state index < -0.39 is 0 Å². The Bertz CT molecular complexity index is 319. The van der Waals surface area contributed by atoms with E-state index in [2.05, 4.69) is 21.2 Å². The summed E-state index contributed by atoms with van der Waals surface area (Å²) in [4.78, 5) is 10.9. The van der Waals surface area contributed by atoms with Crippen LogP contribution in [0.1, 0.15) is 32.1 Å². The van der Waals surface area contributed by atoms with Crippen molar-refractivity contribution in [1.29, 1.82) is 5.41 Å². The number of hydrogen-bond donors (Lipinski definition) is 2. The summed E-state index contributed by atoms with van der Waals surface area (Å²) in [6.07, 6.45) is 8.81. The first-order chi connectivity index (χ1) is 7.70. The summed E-state index contributed by atoms with van der Waals surface area (Å²) in [5, 5.41) is 10.6. The maximum absolute atomic E-state index is 10.9. The summed E-state index contributed by atoms with van der Waals surface area (Å²) in [6.45, 7) is 0.